The van der Waals surface area contributed by atoms with Crippen molar-refractivity contribution in [1.29, 1.82) is 0 Å². The molecular formula is C13H7BrClNOS. The fraction of sp³-hybridized carbons (Fsp3) is 0. The summed E-state index contributed by atoms with van der Waals surface area (Å²) >= 11 is 10.8. The van der Waals surface area contributed by atoms with Gasteiger partial charge < -0.3 is 4.98 Å². The molecule has 1 aromatic carbocycles. The molecule has 0 bridgehead atoms. The topological polar surface area (TPSA) is 32.9 Å². The zero-order valence-corrected chi connectivity index (χ0v) is 12.2. The normalized spacial score (nSPS) is 11.0. The van der Waals surface area contributed by atoms with Gasteiger partial charge in [0, 0.05) is 32.2 Å². The second kappa shape index (κ2) is 4.53. The molecule has 0 aliphatic heterocycles. The highest BCUT2D eigenvalue weighted by Gasteiger charge is 2.17. The van der Waals surface area contributed by atoms with Crippen molar-refractivity contribution in [1.82, 2.24) is 4.98 Å². The van der Waals surface area contributed by atoms with Gasteiger partial charge in [-0.3, -0.25) is 4.79 Å². The third-order valence-corrected chi connectivity index (χ3v) is 4.78. The molecule has 0 aliphatic carbocycles. The molecule has 0 aliphatic rings. The van der Waals surface area contributed by atoms with Gasteiger partial charge in [-0.25, -0.2) is 0 Å². The molecule has 3 aromatic rings. The Morgan fingerprint density at radius 3 is 2.89 bits per heavy atom. The standard InChI is InChI=1S/C13H7BrClNOS/c14-10-3-4-18-13(10)12(17)9-6-16-11-2-1-7(15)5-8(9)11/h1-6,16H. The van der Waals surface area contributed by atoms with Crippen LogP contribution in [0, 0.1) is 0 Å². The number of hydrogen-bond donors (Lipinski definition) is 1. The highest BCUT2D eigenvalue weighted by Crippen LogP contribution is 2.29. The molecule has 5 heteroatoms. The number of carbonyl (C=O) groups excluding carboxylic acids is 1. The van der Waals surface area contributed by atoms with Gasteiger partial charge in [-0.1, -0.05) is 11.6 Å². The zero-order valence-electron chi connectivity index (χ0n) is 9.04. The summed E-state index contributed by atoms with van der Waals surface area (Å²) in [5.74, 6) is 0.00499. The lowest BCUT2D eigenvalue weighted by Crippen LogP contribution is -1.97. The minimum atomic E-state index is 0.00499. The molecule has 0 saturated carbocycles. The molecular weight excluding hydrogens is 334 g/mol. The van der Waals surface area contributed by atoms with Crippen LogP contribution in [-0.4, -0.2) is 10.8 Å². The highest BCUT2D eigenvalue weighted by molar-refractivity contribution is 9.10. The first-order valence-corrected chi connectivity index (χ1v) is 7.26. The highest BCUT2D eigenvalue weighted by atomic mass is 79.9. The summed E-state index contributed by atoms with van der Waals surface area (Å²) in [7, 11) is 0. The molecule has 3 rings (SSSR count). The SMILES string of the molecule is O=C(c1sccc1Br)c1c[nH]c2ccc(Cl)cc12. The molecule has 2 aromatic heterocycles. The van der Waals surface area contributed by atoms with Gasteiger partial charge in [0.2, 0.25) is 5.78 Å². The summed E-state index contributed by atoms with van der Waals surface area (Å²) in [6.45, 7) is 0. The van der Waals surface area contributed by atoms with E-state index < -0.39 is 0 Å². The first kappa shape index (κ1) is 12.0. The van der Waals surface area contributed by atoms with Crippen LogP contribution in [0.2, 0.25) is 5.02 Å². The number of nitrogens with one attached hydrogen (secondary N) is 1. The van der Waals surface area contributed by atoms with Gasteiger partial charge in [0.05, 0.1) is 4.88 Å². The van der Waals surface area contributed by atoms with Crippen LogP contribution in [0.1, 0.15) is 15.2 Å². The number of fused-ring (bicyclic) bond motifs is 1. The number of aromatic amines is 1. The second-order valence-electron chi connectivity index (χ2n) is 3.82. The summed E-state index contributed by atoms with van der Waals surface area (Å²) in [4.78, 5) is 16.2. The number of thiophene rings is 1. The maximum absolute atomic E-state index is 12.4. The van der Waals surface area contributed by atoms with Crippen LogP contribution in [0.3, 0.4) is 0 Å². The average Bonchev–Trinajstić information content (AvgIpc) is 2.94. The zero-order chi connectivity index (χ0) is 12.7. The van der Waals surface area contributed by atoms with Crippen molar-refractivity contribution >= 4 is 55.6 Å². The van der Waals surface area contributed by atoms with Crippen molar-refractivity contribution in [2.24, 2.45) is 0 Å². The van der Waals surface area contributed by atoms with E-state index in [1.54, 1.807) is 12.3 Å². The minimum Gasteiger partial charge on any atom is -0.360 e. The van der Waals surface area contributed by atoms with E-state index in [1.807, 2.05) is 23.6 Å². The van der Waals surface area contributed by atoms with Gasteiger partial charge >= 0.3 is 0 Å². The Bertz CT molecular complexity index is 746. The van der Waals surface area contributed by atoms with E-state index in [9.17, 15) is 4.79 Å². The summed E-state index contributed by atoms with van der Waals surface area (Å²) < 4.78 is 0.828. The van der Waals surface area contributed by atoms with Crippen LogP contribution in [0.5, 0.6) is 0 Å². The molecule has 18 heavy (non-hydrogen) atoms. The molecule has 2 nitrogen and oxygen atoms in total. The maximum atomic E-state index is 12.4. The number of benzene rings is 1. The minimum absolute atomic E-state index is 0.00499. The lowest BCUT2D eigenvalue weighted by atomic mass is 10.1. The van der Waals surface area contributed by atoms with Crippen LogP contribution in [-0.2, 0) is 0 Å². The molecule has 90 valence electrons. The molecule has 2 heterocycles. The summed E-state index contributed by atoms with van der Waals surface area (Å²) in [6.07, 6.45) is 1.73. The van der Waals surface area contributed by atoms with Gasteiger partial charge in [-0.05, 0) is 45.6 Å². The Balaban J connectivity index is 2.18. The van der Waals surface area contributed by atoms with E-state index in [4.69, 9.17) is 11.6 Å². The number of halogens is 2. The summed E-state index contributed by atoms with van der Waals surface area (Å²) in [5.41, 5.74) is 1.56. The Morgan fingerprint density at radius 2 is 2.17 bits per heavy atom. The van der Waals surface area contributed by atoms with E-state index in [0.29, 0.717) is 15.5 Å². The van der Waals surface area contributed by atoms with Crippen molar-refractivity contribution in [2.75, 3.05) is 0 Å². The van der Waals surface area contributed by atoms with Crippen molar-refractivity contribution in [3.05, 3.63) is 55.8 Å². The Morgan fingerprint density at radius 1 is 1.33 bits per heavy atom. The number of rotatable bonds is 2. The fourth-order valence-electron chi connectivity index (χ4n) is 1.86. The maximum Gasteiger partial charge on any atom is 0.206 e. The van der Waals surface area contributed by atoms with Gasteiger partial charge in [-0.15, -0.1) is 11.3 Å². The third kappa shape index (κ3) is 1.90. The van der Waals surface area contributed by atoms with E-state index in [2.05, 4.69) is 20.9 Å². The van der Waals surface area contributed by atoms with Crippen LogP contribution in [0.15, 0.2) is 40.3 Å². The molecule has 0 unspecified atom stereocenters. The Labute approximate surface area is 121 Å². The predicted molar refractivity (Wildman–Crippen MR) is 78.8 cm³/mol. The lowest BCUT2D eigenvalue weighted by Gasteiger charge is -1.98. The molecule has 0 fully saturated rings. The predicted octanol–water partition coefficient (Wildman–Crippen LogP) is 4.88. The lowest BCUT2D eigenvalue weighted by molar-refractivity contribution is 0.104. The van der Waals surface area contributed by atoms with Crippen LogP contribution in [0.25, 0.3) is 10.9 Å². The van der Waals surface area contributed by atoms with E-state index in [1.165, 1.54) is 11.3 Å². The number of carbonyl (C=O) groups is 1. The third-order valence-electron chi connectivity index (χ3n) is 2.71. The van der Waals surface area contributed by atoms with Crippen LogP contribution < -0.4 is 0 Å². The molecule has 0 amide bonds. The van der Waals surface area contributed by atoms with E-state index in [0.717, 1.165) is 15.4 Å². The largest absolute Gasteiger partial charge is 0.360 e. The first-order chi connectivity index (χ1) is 8.66. The van der Waals surface area contributed by atoms with Crippen molar-refractivity contribution in [2.45, 2.75) is 0 Å². The number of ketones is 1. The average molecular weight is 341 g/mol. The van der Waals surface area contributed by atoms with Crippen molar-refractivity contribution in [3.8, 4) is 0 Å². The summed E-state index contributed by atoms with van der Waals surface area (Å²) in [5, 5.41) is 3.37. The van der Waals surface area contributed by atoms with Crippen LogP contribution in [0.4, 0.5) is 0 Å². The molecule has 0 atom stereocenters. The van der Waals surface area contributed by atoms with Gasteiger partial charge in [0.15, 0.2) is 0 Å². The monoisotopic (exact) mass is 339 g/mol. The fourth-order valence-corrected chi connectivity index (χ4v) is 3.54. The molecule has 0 saturated heterocycles. The molecule has 0 radical (unpaired) electrons. The molecule has 0 spiro atoms. The number of aromatic nitrogens is 1. The Kier molecular flexibility index (Phi) is 3.01. The molecule has 1 N–H and O–H groups in total. The van der Waals surface area contributed by atoms with E-state index in [-0.39, 0.29) is 5.78 Å². The second-order valence-corrected chi connectivity index (χ2v) is 6.03. The van der Waals surface area contributed by atoms with Gasteiger partial charge in [0.25, 0.3) is 0 Å². The van der Waals surface area contributed by atoms with Crippen molar-refractivity contribution < 1.29 is 4.79 Å². The quantitative estimate of drug-likeness (QED) is 0.663. The number of hydrogen-bond acceptors (Lipinski definition) is 2. The smallest absolute Gasteiger partial charge is 0.206 e. The number of H-pyrrole nitrogens is 1. The van der Waals surface area contributed by atoms with E-state index >= 15 is 0 Å². The Hall–Kier alpha value is -1.10. The summed E-state index contributed by atoms with van der Waals surface area (Å²) in [6, 6.07) is 7.36. The van der Waals surface area contributed by atoms with Gasteiger partial charge in [0.1, 0.15) is 0 Å². The van der Waals surface area contributed by atoms with Crippen molar-refractivity contribution in [3.63, 3.8) is 0 Å². The first-order valence-electron chi connectivity index (χ1n) is 5.21. The van der Waals surface area contributed by atoms with Crippen LogP contribution >= 0.6 is 38.9 Å². The van der Waals surface area contributed by atoms with Gasteiger partial charge in [-0.2, -0.15) is 0 Å².